The fraction of sp³-hybridized carbons (Fsp3) is 0.579. The molecule has 0 saturated carbocycles. The molecule has 3 rings (SSSR count). The molecular formula is C19H28N4O3. The lowest BCUT2D eigenvalue weighted by molar-refractivity contribution is -0.121. The largest absolute Gasteiger partial charge is 0.494 e. The number of anilines is 1. The number of benzene rings is 1. The molecule has 0 unspecified atom stereocenters. The van der Waals surface area contributed by atoms with Crippen LogP contribution >= 0.6 is 0 Å². The molecule has 0 aromatic heterocycles. The van der Waals surface area contributed by atoms with Crippen LogP contribution in [-0.2, 0) is 9.59 Å². The number of imide groups is 1. The summed E-state index contributed by atoms with van der Waals surface area (Å²) >= 11 is 0. The summed E-state index contributed by atoms with van der Waals surface area (Å²) in [6, 6.07) is 6.66. The van der Waals surface area contributed by atoms with Crippen LogP contribution in [-0.4, -0.2) is 80.6 Å². The third-order valence-electron chi connectivity index (χ3n) is 4.97. The van der Waals surface area contributed by atoms with Gasteiger partial charge in [-0.2, -0.15) is 0 Å². The van der Waals surface area contributed by atoms with Crippen molar-refractivity contribution in [1.29, 1.82) is 0 Å². The van der Waals surface area contributed by atoms with Crippen LogP contribution in [0.25, 0.3) is 0 Å². The summed E-state index contributed by atoms with van der Waals surface area (Å²) in [6.07, 6.45) is 0.217. The Labute approximate surface area is 154 Å². The number of ether oxygens (including phenoxy) is 1. The molecule has 7 nitrogen and oxygen atoms in total. The van der Waals surface area contributed by atoms with Crippen LogP contribution in [0.2, 0.25) is 0 Å². The predicted octanol–water partition coefficient (Wildman–Crippen LogP) is 0.554. The molecule has 0 aliphatic carbocycles. The molecule has 2 aliphatic rings. The topological polar surface area (TPSA) is 65.1 Å². The van der Waals surface area contributed by atoms with E-state index in [2.05, 4.69) is 22.2 Å². The van der Waals surface area contributed by atoms with Crippen LogP contribution in [0.3, 0.4) is 0 Å². The predicted molar refractivity (Wildman–Crippen MR) is 100 cm³/mol. The third kappa shape index (κ3) is 4.41. The van der Waals surface area contributed by atoms with E-state index in [1.54, 1.807) is 24.3 Å². The van der Waals surface area contributed by atoms with E-state index in [9.17, 15) is 9.59 Å². The summed E-state index contributed by atoms with van der Waals surface area (Å²) in [7, 11) is 2.13. The van der Waals surface area contributed by atoms with Gasteiger partial charge in [0.05, 0.1) is 24.8 Å². The van der Waals surface area contributed by atoms with Gasteiger partial charge in [0.2, 0.25) is 5.91 Å². The summed E-state index contributed by atoms with van der Waals surface area (Å²) in [5, 5.41) is 3.26. The van der Waals surface area contributed by atoms with Crippen molar-refractivity contribution in [1.82, 2.24) is 15.1 Å². The number of nitrogens with zero attached hydrogens (tertiary/aromatic N) is 3. The molecule has 0 spiro atoms. The third-order valence-corrected chi connectivity index (χ3v) is 4.97. The Hall–Kier alpha value is -1.96. The summed E-state index contributed by atoms with van der Waals surface area (Å²) in [6.45, 7) is 8.36. The second-order valence-corrected chi connectivity index (χ2v) is 6.85. The minimum absolute atomic E-state index is 0.156. The van der Waals surface area contributed by atoms with Crippen molar-refractivity contribution >= 4 is 17.5 Å². The van der Waals surface area contributed by atoms with E-state index in [1.165, 1.54) is 4.90 Å². The Morgan fingerprint density at radius 1 is 1.12 bits per heavy atom. The van der Waals surface area contributed by atoms with Gasteiger partial charge in [-0.1, -0.05) is 0 Å². The Balaban J connectivity index is 1.51. The molecule has 0 bridgehead atoms. The number of hydrogen-bond donors (Lipinski definition) is 1. The quantitative estimate of drug-likeness (QED) is 0.717. The van der Waals surface area contributed by atoms with E-state index in [0.717, 1.165) is 38.5 Å². The highest BCUT2D eigenvalue weighted by Crippen LogP contribution is 2.25. The van der Waals surface area contributed by atoms with Gasteiger partial charge in [0, 0.05) is 39.3 Å². The van der Waals surface area contributed by atoms with Crippen LogP contribution in [0.4, 0.5) is 5.69 Å². The Kier molecular flexibility index (Phi) is 6.24. The van der Waals surface area contributed by atoms with Crippen molar-refractivity contribution in [3.05, 3.63) is 24.3 Å². The van der Waals surface area contributed by atoms with E-state index in [-0.39, 0.29) is 18.2 Å². The summed E-state index contributed by atoms with van der Waals surface area (Å²) in [4.78, 5) is 31.0. The Morgan fingerprint density at radius 2 is 1.81 bits per heavy atom. The molecule has 1 aromatic rings. The first-order chi connectivity index (χ1) is 12.6. The molecule has 2 fully saturated rings. The highest BCUT2D eigenvalue weighted by atomic mass is 16.5. The minimum Gasteiger partial charge on any atom is -0.494 e. The van der Waals surface area contributed by atoms with Gasteiger partial charge >= 0.3 is 0 Å². The zero-order chi connectivity index (χ0) is 18.5. The molecule has 7 heteroatoms. The lowest BCUT2D eigenvalue weighted by atomic mass is 10.2. The van der Waals surface area contributed by atoms with E-state index in [1.807, 2.05) is 6.92 Å². The van der Waals surface area contributed by atoms with Crippen LogP contribution in [0.1, 0.15) is 13.3 Å². The fourth-order valence-corrected chi connectivity index (χ4v) is 3.39. The van der Waals surface area contributed by atoms with Gasteiger partial charge in [-0.15, -0.1) is 0 Å². The van der Waals surface area contributed by atoms with Crippen LogP contribution < -0.4 is 15.0 Å². The van der Waals surface area contributed by atoms with Crippen LogP contribution in [0.15, 0.2) is 24.3 Å². The molecule has 142 valence electrons. The minimum atomic E-state index is -0.429. The van der Waals surface area contributed by atoms with Gasteiger partial charge in [-0.05, 0) is 38.2 Å². The average Bonchev–Trinajstić information content (AvgIpc) is 2.92. The van der Waals surface area contributed by atoms with Crippen molar-refractivity contribution in [3.8, 4) is 5.75 Å². The Bertz CT molecular complexity index is 626. The first-order valence-corrected chi connectivity index (χ1v) is 9.32. The number of likely N-dealkylation sites (N-methyl/N-ethyl adjacent to an activating group) is 1. The zero-order valence-corrected chi connectivity index (χ0v) is 15.6. The molecule has 1 aromatic carbocycles. The van der Waals surface area contributed by atoms with Gasteiger partial charge in [0.25, 0.3) is 5.91 Å². The fourth-order valence-electron chi connectivity index (χ4n) is 3.39. The van der Waals surface area contributed by atoms with Crippen LogP contribution in [0, 0.1) is 0 Å². The standard InChI is InChI=1S/C19H28N4O3/c1-3-26-16-6-4-15(5-7-16)23-18(24)14-17(19(23)25)20-8-9-22-12-10-21(2)11-13-22/h4-7,17,20H,3,8-14H2,1-2H3/t17-/m1/s1. The summed E-state index contributed by atoms with van der Waals surface area (Å²) < 4.78 is 5.41. The highest BCUT2D eigenvalue weighted by molar-refractivity contribution is 6.22. The smallest absolute Gasteiger partial charge is 0.251 e. The first-order valence-electron chi connectivity index (χ1n) is 9.32. The van der Waals surface area contributed by atoms with Gasteiger partial charge in [-0.25, -0.2) is 4.90 Å². The summed E-state index contributed by atoms with van der Waals surface area (Å²) in [5.74, 6) is 0.408. The molecule has 1 N–H and O–H groups in total. The van der Waals surface area contributed by atoms with Gasteiger partial charge in [0.1, 0.15) is 5.75 Å². The van der Waals surface area contributed by atoms with Crippen molar-refractivity contribution in [3.63, 3.8) is 0 Å². The van der Waals surface area contributed by atoms with Crippen molar-refractivity contribution < 1.29 is 14.3 Å². The molecular weight excluding hydrogens is 332 g/mol. The number of carbonyl (C=O) groups excluding carboxylic acids is 2. The molecule has 2 amide bonds. The number of piperazine rings is 1. The molecule has 1 atom stereocenters. The van der Waals surface area contributed by atoms with Crippen molar-refractivity contribution in [2.45, 2.75) is 19.4 Å². The number of carbonyl (C=O) groups is 2. The number of hydrogen-bond acceptors (Lipinski definition) is 6. The molecule has 2 saturated heterocycles. The first kappa shape index (κ1) is 18.8. The van der Waals surface area contributed by atoms with E-state index >= 15 is 0 Å². The SMILES string of the molecule is CCOc1ccc(N2C(=O)C[C@@H](NCCN3CCN(C)CC3)C2=O)cc1. The Morgan fingerprint density at radius 3 is 2.46 bits per heavy atom. The number of nitrogens with one attached hydrogen (secondary N) is 1. The summed E-state index contributed by atoms with van der Waals surface area (Å²) in [5.41, 5.74) is 0.604. The maximum Gasteiger partial charge on any atom is 0.251 e. The maximum atomic E-state index is 12.6. The van der Waals surface area contributed by atoms with Crippen LogP contribution in [0.5, 0.6) is 5.75 Å². The molecule has 2 heterocycles. The molecule has 2 aliphatic heterocycles. The van der Waals surface area contributed by atoms with Crippen molar-refractivity contribution in [2.24, 2.45) is 0 Å². The molecule has 26 heavy (non-hydrogen) atoms. The van der Waals surface area contributed by atoms with Gasteiger partial charge < -0.3 is 15.0 Å². The number of rotatable bonds is 7. The average molecular weight is 360 g/mol. The second-order valence-electron chi connectivity index (χ2n) is 6.85. The lowest BCUT2D eigenvalue weighted by Crippen LogP contribution is -2.48. The van der Waals surface area contributed by atoms with Crippen molar-refractivity contribution in [2.75, 3.05) is 57.8 Å². The maximum absolute atomic E-state index is 12.6. The van der Waals surface area contributed by atoms with Gasteiger partial charge in [0.15, 0.2) is 0 Å². The van der Waals surface area contributed by atoms with E-state index < -0.39 is 6.04 Å². The molecule has 0 radical (unpaired) electrons. The monoisotopic (exact) mass is 360 g/mol. The number of amides is 2. The normalized spacial score (nSPS) is 22.2. The lowest BCUT2D eigenvalue weighted by Gasteiger charge is -2.32. The second kappa shape index (κ2) is 8.62. The highest BCUT2D eigenvalue weighted by Gasteiger charge is 2.39. The van der Waals surface area contributed by atoms with Gasteiger partial charge in [-0.3, -0.25) is 14.5 Å². The van der Waals surface area contributed by atoms with E-state index in [0.29, 0.717) is 18.8 Å². The van der Waals surface area contributed by atoms with E-state index in [4.69, 9.17) is 4.74 Å². The zero-order valence-electron chi connectivity index (χ0n) is 15.6.